The largest absolute Gasteiger partial charge is 0.326 e. The third kappa shape index (κ3) is 3.76. The van der Waals surface area contributed by atoms with Gasteiger partial charge in [-0.25, -0.2) is 8.42 Å². The second kappa shape index (κ2) is 6.90. The van der Waals surface area contributed by atoms with Crippen LogP contribution in [0.5, 0.6) is 0 Å². The highest BCUT2D eigenvalue weighted by molar-refractivity contribution is 7.90. The van der Waals surface area contributed by atoms with E-state index in [1.807, 2.05) is 6.92 Å². The van der Waals surface area contributed by atoms with Gasteiger partial charge in [0.2, 0.25) is 5.91 Å². The molecule has 3 N–H and O–H groups in total. The van der Waals surface area contributed by atoms with E-state index in [2.05, 4.69) is 20.3 Å². The van der Waals surface area contributed by atoms with E-state index in [4.69, 9.17) is 0 Å². The summed E-state index contributed by atoms with van der Waals surface area (Å²) in [4.78, 5) is 16.5. The number of aliphatic imine (C=N–C) groups is 1. The van der Waals surface area contributed by atoms with E-state index in [9.17, 15) is 13.2 Å². The highest BCUT2D eigenvalue weighted by Gasteiger charge is 2.28. The van der Waals surface area contributed by atoms with Gasteiger partial charge in [0.15, 0.2) is 0 Å². The predicted octanol–water partition coefficient (Wildman–Crippen LogP) is 0.951. The van der Waals surface area contributed by atoms with Gasteiger partial charge in [0.05, 0.1) is 4.90 Å². The Bertz CT molecular complexity index is 756. The molecule has 1 aromatic rings. The summed E-state index contributed by atoms with van der Waals surface area (Å²) in [6.45, 7) is 4.23. The Morgan fingerprint density at radius 2 is 2.17 bits per heavy atom. The van der Waals surface area contributed by atoms with Gasteiger partial charge in [0.1, 0.15) is 5.84 Å². The van der Waals surface area contributed by atoms with Crippen LogP contribution >= 0.6 is 0 Å². The zero-order chi connectivity index (χ0) is 17.2. The molecule has 7 nitrogen and oxygen atoms in total. The highest BCUT2D eigenvalue weighted by Crippen LogP contribution is 2.20. The summed E-state index contributed by atoms with van der Waals surface area (Å²) in [5, 5.41) is 5.95. The van der Waals surface area contributed by atoms with Crippen LogP contribution in [0.4, 0.5) is 5.69 Å². The van der Waals surface area contributed by atoms with Crippen LogP contribution in [-0.4, -0.2) is 39.8 Å². The third-order valence-electron chi connectivity index (χ3n) is 4.47. The van der Waals surface area contributed by atoms with E-state index in [0.717, 1.165) is 19.5 Å². The lowest BCUT2D eigenvalue weighted by Crippen LogP contribution is -2.48. The minimum Gasteiger partial charge on any atom is -0.326 e. The predicted molar refractivity (Wildman–Crippen MR) is 92.5 cm³/mol. The molecule has 130 valence electrons. The van der Waals surface area contributed by atoms with E-state index in [1.54, 1.807) is 12.1 Å². The van der Waals surface area contributed by atoms with Crippen molar-refractivity contribution < 1.29 is 13.2 Å². The van der Waals surface area contributed by atoms with Crippen LogP contribution in [0.15, 0.2) is 34.2 Å². The highest BCUT2D eigenvalue weighted by atomic mass is 32.2. The van der Waals surface area contributed by atoms with Crippen LogP contribution < -0.4 is 15.4 Å². The Balaban J connectivity index is 1.70. The quantitative estimate of drug-likeness (QED) is 0.736. The lowest BCUT2D eigenvalue weighted by molar-refractivity contribution is -0.121. The Labute approximate surface area is 142 Å². The third-order valence-corrected chi connectivity index (χ3v) is 5.85. The van der Waals surface area contributed by atoms with Gasteiger partial charge in [0, 0.05) is 24.6 Å². The van der Waals surface area contributed by atoms with Crippen molar-refractivity contribution in [2.75, 3.05) is 25.0 Å². The molecule has 1 aromatic carbocycles. The monoisotopic (exact) mass is 350 g/mol. The number of carbonyl (C=O) groups is 1. The first-order valence-electron chi connectivity index (χ1n) is 8.13. The van der Waals surface area contributed by atoms with E-state index in [0.29, 0.717) is 30.4 Å². The maximum Gasteiger partial charge on any atom is 0.262 e. The first-order valence-corrected chi connectivity index (χ1v) is 9.62. The molecule has 2 aliphatic rings. The van der Waals surface area contributed by atoms with Crippen molar-refractivity contribution in [3.63, 3.8) is 0 Å². The van der Waals surface area contributed by atoms with Crippen molar-refractivity contribution >= 4 is 27.5 Å². The number of hydrogen-bond donors (Lipinski definition) is 3. The standard InChI is InChI=1S/C16H22N4O3S/c1-11(12-9-17-10-12)16(21)19-13-4-2-5-14(8-13)24(22,23)20-15-6-3-7-18-15/h2,4-5,8,11-12,17H,3,6-7,9-10H2,1H3,(H,18,20)(H,19,21). The molecule has 0 aliphatic carbocycles. The number of nitrogens with one attached hydrogen (secondary N) is 3. The molecule has 24 heavy (non-hydrogen) atoms. The van der Waals surface area contributed by atoms with Crippen molar-refractivity contribution in [3.05, 3.63) is 24.3 Å². The van der Waals surface area contributed by atoms with Crippen molar-refractivity contribution in [3.8, 4) is 0 Å². The number of hydrogen-bond acceptors (Lipinski definition) is 5. The molecule has 1 fully saturated rings. The van der Waals surface area contributed by atoms with Crippen LogP contribution in [-0.2, 0) is 14.8 Å². The van der Waals surface area contributed by atoms with Gasteiger partial charge in [-0.3, -0.25) is 14.5 Å². The molecule has 0 aromatic heterocycles. The summed E-state index contributed by atoms with van der Waals surface area (Å²) in [7, 11) is -3.67. The number of anilines is 1. The van der Waals surface area contributed by atoms with Gasteiger partial charge in [-0.05, 0) is 43.6 Å². The summed E-state index contributed by atoms with van der Waals surface area (Å²) >= 11 is 0. The minimum absolute atomic E-state index is 0.0934. The van der Waals surface area contributed by atoms with Crippen LogP contribution in [0.25, 0.3) is 0 Å². The summed E-state index contributed by atoms with van der Waals surface area (Å²) in [5.41, 5.74) is 0.482. The Morgan fingerprint density at radius 3 is 2.79 bits per heavy atom. The molecule has 2 aliphatic heterocycles. The Morgan fingerprint density at radius 1 is 1.38 bits per heavy atom. The van der Waals surface area contributed by atoms with E-state index < -0.39 is 10.0 Å². The normalized spacial score (nSPS) is 19.3. The number of rotatable bonds is 5. The maximum absolute atomic E-state index is 12.4. The van der Waals surface area contributed by atoms with E-state index in [-0.39, 0.29) is 16.7 Å². The Hall–Kier alpha value is -1.93. The molecule has 2 heterocycles. The Kier molecular flexibility index (Phi) is 4.86. The summed E-state index contributed by atoms with van der Waals surface area (Å²) in [6, 6.07) is 6.29. The fourth-order valence-electron chi connectivity index (χ4n) is 2.71. The van der Waals surface area contributed by atoms with Crippen LogP contribution in [0, 0.1) is 11.8 Å². The number of amidine groups is 1. The molecule has 1 unspecified atom stereocenters. The van der Waals surface area contributed by atoms with Gasteiger partial charge >= 0.3 is 0 Å². The fraction of sp³-hybridized carbons (Fsp3) is 0.500. The average Bonchev–Trinajstić information content (AvgIpc) is 2.98. The van der Waals surface area contributed by atoms with Crippen LogP contribution in [0.3, 0.4) is 0 Å². The van der Waals surface area contributed by atoms with Gasteiger partial charge in [-0.1, -0.05) is 13.0 Å². The van der Waals surface area contributed by atoms with Crippen molar-refractivity contribution in [1.82, 2.24) is 10.0 Å². The van der Waals surface area contributed by atoms with Crippen molar-refractivity contribution in [2.24, 2.45) is 16.8 Å². The fourth-order valence-corrected chi connectivity index (χ4v) is 3.85. The van der Waals surface area contributed by atoms with Crippen LogP contribution in [0.2, 0.25) is 0 Å². The molecular formula is C16H22N4O3S. The van der Waals surface area contributed by atoms with E-state index >= 15 is 0 Å². The second-order valence-electron chi connectivity index (χ2n) is 6.26. The smallest absolute Gasteiger partial charge is 0.262 e. The SMILES string of the molecule is CC(C(=O)Nc1cccc(S(=O)(=O)NC2=NCCC2)c1)C1CNC1. The average molecular weight is 350 g/mol. The van der Waals surface area contributed by atoms with Gasteiger partial charge < -0.3 is 10.6 Å². The topological polar surface area (TPSA) is 99.7 Å². The number of sulfonamides is 1. The van der Waals surface area contributed by atoms with Crippen molar-refractivity contribution in [1.29, 1.82) is 0 Å². The number of carbonyl (C=O) groups excluding carboxylic acids is 1. The molecular weight excluding hydrogens is 328 g/mol. The molecule has 0 bridgehead atoms. The molecule has 1 atom stereocenters. The zero-order valence-corrected chi connectivity index (χ0v) is 14.4. The van der Waals surface area contributed by atoms with Crippen LogP contribution in [0.1, 0.15) is 19.8 Å². The molecule has 1 saturated heterocycles. The molecule has 0 radical (unpaired) electrons. The van der Waals surface area contributed by atoms with Crippen molar-refractivity contribution in [2.45, 2.75) is 24.7 Å². The molecule has 1 amide bonds. The number of nitrogens with zero attached hydrogens (tertiary/aromatic N) is 1. The van der Waals surface area contributed by atoms with Gasteiger partial charge in [-0.2, -0.15) is 0 Å². The first kappa shape index (κ1) is 16.9. The lowest BCUT2D eigenvalue weighted by Gasteiger charge is -2.31. The van der Waals surface area contributed by atoms with Gasteiger partial charge in [-0.15, -0.1) is 0 Å². The first-order chi connectivity index (χ1) is 11.5. The molecule has 0 saturated carbocycles. The molecule has 3 rings (SSSR count). The van der Waals surface area contributed by atoms with E-state index in [1.165, 1.54) is 12.1 Å². The molecule has 0 spiro atoms. The second-order valence-corrected chi connectivity index (χ2v) is 7.94. The van der Waals surface area contributed by atoms with Gasteiger partial charge in [0.25, 0.3) is 10.0 Å². The maximum atomic E-state index is 12.4. The summed E-state index contributed by atoms with van der Waals surface area (Å²) < 4.78 is 27.3. The molecule has 8 heteroatoms. The number of benzene rings is 1. The minimum atomic E-state index is -3.67. The lowest BCUT2D eigenvalue weighted by atomic mass is 9.88. The zero-order valence-electron chi connectivity index (χ0n) is 13.6. The summed E-state index contributed by atoms with van der Waals surface area (Å²) in [5.74, 6) is 0.621. The number of amides is 1. The summed E-state index contributed by atoms with van der Waals surface area (Å²) in [6.07, 6.45) is 1.50.